The van der Waals surface area contributed by atoms with Gasteiger partial charge in [-0.05, 0) is 65.5 Å². The fraction of sp³-hybridized carbons (Fsp3) is 0.676. The number of alkyl halides is 3. The van der Waals surface area contributed by atoms with Gasteiger partial charge in [-0.25, -0.2) is 9.59 Å². The second kappa shape index (κ2) is 14.3. The zero-order valence-corrected chi connectivity index (χ0v) is 30.4. The molecule has 5 rings (SSSR count). The monoisotopic (exact) mass is 733 g/mol. The summed E-state index contributed by atoms with van der Waals surface area (Å²) in [6.07, 6.45) is 0.109. The summed E-state index contributed by atoms with van der Waals surface area (Å²) in [5.74, 6) is -3.83. The van der Waals surface area contributed by atoms with Gasteiger partial charge in [-0.2, -0.15) is 13.2 Å². The van der Waals surface area contributed by atoms with Gasteiger partial charge in [0.15, 0.2) is 0 Å². The Morgan fingerprint density at radius 2 is 1.58 bits per heavy atom. The topological polar surface area (TPSA) is 177 Å². The minimum absolute atomic E-state index is 0.000290. The fourth-order valence-corrected chi connectivity index (χ4v) is 7.97. The summed E-state index contributed by atoms with van der Waals surface area (Å²) >= 11 is 0. The van der Waals surface area contributed by atoms with Gasteiger partial charge in [0.05, 0.1) is 11.6 Å². The third-order valence-corrected chi connectivity index (χ3v) is 11.4. The third-order valence-electron chi connectivity index (χ3n) is 11.4. The summed E-state index contributed by atoms with van der Waals surface area (Å²) in [6.45, 7) is 9.25. The summed E-state index contributed by atoms with van der Waals surface area (Å²) in [7, 11) is 0. The lowest BCUT2D eigenvalue weighted by atomic mass is 9.81. The van der Waals surface area contributed by atoms with Crippen LogP contribution < -0.4 is 21.7 Å². The molecular weight excluding hydrogens is 683 g/mol. The lowest BCUT2D eigenvalue weighted by Gasteiger charge is -2.39. The number of halogens is 3. The number of hydrogen-bond donors (Lipinski definition) is 4. The molecule has 4 fully saturated rings. The summed E-state index contributed by atoms with van der Waals surface area (Å²) in [4.78, 5) is 81.4. The van der Waals surface area contributed by atoms with Crippen LogP contribution in [0.1, 0.15) is 97.1 Å². The molecule has 1 saturated heterocycles. The summed E-state index contributed by atoms with van der Waals surface area (Å²) in [6, 6.07) is 0.289. The Labute approximate surface area is 301 Å². The Morgan fingerprint density at radius 1 is 0.962 bits per heavy atom. The number of nitrogens with two attached hydrogens (primary N) is 1. The van der Waals surface area contributed by atoms with Gasteiger partial charge in [-0.15, -0.1) is 0 Å². The Hall–Kier alpha value is -4.17. The van der Waals surface area contributed by atoms with Crippen LogP contribution in [-0.4, -0.2) is 70.6 Å². The second-order valence-corrected chi connectivity index (χ2v) is 16.7. The third kappa shape index (κ3) is 8.38. The standard InChI is InChI=1S/C37H50F3N5O7/c1-34(2,3)28(31(49)45-18-23-25(35(23,4)5)26(45)30(48)42-24(17-20-9-10-20)27(46)29(41)47)43-33(51)44-36(15-7-6-8-16-36)32(50)52-19-21-11-13-22(14-12-21)37(38,39)40/h11-14,20,23-26,28H,6-10,15-19H2,1-5H3,(H2,41,47)(H,42,48)(H2,43,44,51)/t23-,24?,25-,26-,28+/m0/s1. The molecule has 1 aromatic carbocycles. The molecule has 5 N–H and O–H groups in total. The molecule has 52 heavy (non-hydrogen) atoms. The fourth-order valence-electron chi connectivity index (χ4n) is 7.97. The van der Waals surface area contributed by atoms with E-state index < -0.39 is 76.3 Å². The van der Waals surface area contributed by atoms with Crippen molar-refractivity contribution in [3.05, 3.63) is 35.4 Å². The number of amides is 5. The zero-order chi connectivity index (χ0) is 38.4. The number of nitrogens with zero attached hydrogens (tertiary/aromatic N) is 1. The number of nitrogens with one attached hydrogen (secondary N) is 3. The van der Waals surface area contributed by atoms with E-state index in [2.05, 4.69) is 16.0 Å². The van der Waals surface area contributed by atoms with Crippen molar-refractivity contribution in [2.75, 3.05) is 6.54 Å². The van der Waals surface area contributed by atoms with Crippen LogP contribution in [0.2, 0.25) is 0 Å². The maximum Gasteiger partial charge on any atom is 0.416 e. The molecule has 3 saturated carbocycles. The highest BCUT2D eigenvalue weighted by atomic mass is 19.4. The Kier molecular flexibility index (Phi) is 10.8. The van der Waals surface area contributed by atoms with Gasteiger partial charge >= 0.3 is 18.2 Å². The summed E-state index contributed by atoms with van der Waals surface area (Å²) < 4.78 is 44.5. The van der Waals surface area contributed by atoms with Crippen LogP contribution in [0.3, 0.4) is 0 Å². The van der Waals surface area contributed by atoms with Crippen LogP contribution in [0.15, 0.2) is 24.3 Å². The lowest BCUT2D eigenvalue weighted by Crippen LogP contribution is -2.64. The predicted octanol–water partition coefficient (Wildman–Crippen LogP) is 3.99. The molecule has 0 aromatic heterocycles. The lowest BCUT2D eigenvalue weighted by molar-refractivity contribution is -0.154. The van der Waals surface area contributed by atoms with Gasteiger partial charge < -0.3 is 31.3 Å². The maximum absolute atomic E-state index is 14.4. The maximum atomic E-state index is 14.4. The molecule has 1 aromatic rings. The number of urea groups is 1. The number of benzene rings is 1. The number of piperidine rings is 1. The summed E-state index contributed by atoms with van der Waals surface area (Å²) in [5, 5.41) is 8.28. The Morgan fingerprint density at radius 3 is 2.12 bits per heavy atom. The first kappa shape index (κ1) is 39.0. The number of ether oxygens (including phenoxy) is 1. The van der Waals surface area contributed by atoms with Crippen molar-refractivity contribution in [1.29, 1.82) is 0 Å². The number of carbonyl (C=O) groups is 6. The van der Waals surface area contributed by atoms with Crippen molar-refractivity contribution in [2.24, 2.45) is 34.3 Å². The molecule has 5 atom stereocenters. The molecule has 1 aliphatic heterocycles. The molecule has 12 nitrogen and oxygen atoms in total. The Balaban J connectivity index is 1.30. The van der Waals surface area contributed by atoms with Crippen LogP contribution >= 0.6 is 0 Å². The van der Waals surface area contributed by atoms with E-state index >= 15 is 0 Å². The molecule has 286 valence electrons. The van der Waals surface area contributed by atoms with Crippen LogP contribution in [0, 0.1) is 28.6 Å². The average molecular weight is 734 g/mol. The van der Waals surface area contributed by atoms with E-state index in [0.717, 1.165) is 31.4 Å². The zero-order valence-electron chi connectivity index (χ0n) is 30.4. The number of likely N-dealkylation sites (tertiary alicyclic amines) is 1. The number of hydrogen-bond acceptors (Lipinski definition) is 7. The minimum Gasteiger partial charge on any atom is -0.459 e. The van der Waals surface area contributed by atoms with E-state index in [4.69, 9.17) is 10.5 Å². The van der Waals surface area contributed by atoms with E-state index in [0.29, 0.717) is 18.4 Å². The number of esters is 1. The van der Waals surface area contributed by atoms with Crippen molar-refractivity contribution in [3.63, 3.8) is 0 Å². The highest BCUT2D eigenvalue weighted by molar-refractivity contribution is 6.37. The predicted molar refractivity (Wildman–Crippen MR) is 182 cm³/mol. The molecular formula is C37H50F3N5O7. The van der Waals surface area contributed by atoms with Gasteiger partial charge in [-0.3, -0.25) is 19.2 Å². The number of primary amides is 1. The van der Waals surface area contributed by atoms with Crippen molar-refractivity contribution in [1.82, 2.24) is 20.9 Å². The van der Waals surface area contributed by atoms with Gasteiger partial charge in [-0.1, -0.05) is 78.9 Å². The summed E-state index contributed by atoms with van der Waals surface area (Å²) in [5.41, 5.74) is 2.28. The van der Waals surface area contributed by atoms with E-state index in [1.807, 2.05) is 13.8 Å². The van der Waals surface area contributed by atoms with Gasteiger partial charge in [0.1, 0.15) is 24.2 Å². The molecule has 15 heteroatoms. The van der Waals surface area contributed by atoms with E-state index in [9.17, 15) is 41.9 Å². The smallest absolute Gasteiger partial charge is 0.416 e. The number of fused-ring (bicyclic) bond motifs is 1. The van der Waals surface area contributed by atoms with E-state index in [-0.39, 0.29) is 55.6 Å². The van der Waals surface area contributed by atoms with Crippen LogP contribution in [0.4, 0.5) is 18.0 Å². The first-order valence-electron chi connectivity index (χ1n) is 18.0. The largest absolute Gasteiger partial charge is 0.459 e. The number of Topliss-reactive ketones (excluding diaryl/α,β-unsaturated/α-hetero) is 1. The number of carbonyl (C=O) groups excluding carboxylic acids is 6. The normalized spacial score (nSPS) is 24.5. The quantitative estimate of drug-likeness (QED) is 0.186. The molecule has 0 bridgehead atoms. The molecule has 5 amide bonds. The van der Waals surface area contributed by atoms with Crippen LogP contribution in [0.25, 0.3) is 0 Å². The highest BCUT2D eigenvalue weighted by Gasteiger charge is 2.70. The van der Waals surface area contributed by atoms with Crippen molar-refractivity contribution in [3.8, 4) is 0 Å². The molecule has 1 heterocycles. The van der Waals surface area contributed by atoms with Gasteiger partial charge in [0.2, 0.25) is 17.6 Å². The second-order valence-electron chi connectivity index (χ2n) is 16.7. The highest BCUT2D eigenvalue weighted by Crippen LogP contribution is 2.65. The first-order valence-corrected chi connectivity index (χ1v) is 18.0. The molecule has 0 radical (unpaired) electrons. The number of ketones is 1. The SMILES string of the molecule is CC(C)(C)[C@H](NC(=O)NC1(C(=O)OCc2ccc(C(F)(F)F)cc2)CCCCC1)C(=O)N1C[C@H]2[C@@H]([C@H]1C(=O)NC(CC1CC1)C(=O)C(N)=O)C2(C)C. The van der Waals surface area contributed by atoms with Gasteiger partial charge in [0, 0.05) is 6.54 Å². The molecule has 1 unspecified atom stereocenters. The van der Waals surface area contributed by atoms with Crippen molar-refractivity contribution in [2.45, 2.75) is 122 Å². The molecule has 4 aliphatic rings. The molecule has 3 aliphatic carbocycles. The average Bonchev–Trinajstić information content (AvgIpc) is 3.92. The first-order chi connectivity index (χ1) is 24.2. The Bertz CT molecular complexity index is 1580. The molecule has 0 spiro atoms. The van der Waals surface area contributed by atoms with E-state index in [1.54, 1.807) is 20.8 Å². The van der Waals surface area contributed by atoms with E-state index in [1.165, 1.54) is 17.0 Å². The minimum atomic E-state index is -4.50. The van der Waals surface area contributed by atoms with Gasteiger partial charge in [0.25, 0.3) is 5.91 Å². The van der Waals surface area contributed by atoms with Crippen molar-refractivity contribution >= 4 is 35.5 Å². The van der Waals surface area contributed by atoms with Crippen LogP contribution in [0.5, 0.6) is 0 Å². The van der Waals surface area contributed by atoms with Crippen molar-refractivity contribution < 1.29 is 46.7 Å². The van der Waals surface area contributed by atoms with Crippen LogP contribution in [-0.2, 0) is 41.5 Å². The number of rotatable bonds is 12.